The number of hydrogen-bond donors (Lipinski definition) is 0. The molecule has 2 heterocycles. The van der Waals surface area contributed by atoms with Gasteiger partial charge in [-0.2, -0.15) is 5.26 Å². The van der Waals surface area contributed by atoms with Crippen LogP contribution in [0, 0.1) is 18.3 Å². The number of nitriles is 1. The van der Waals surface area contributed by atoms with Crippen LogP contribution in [0.25, 0.3) is 11.6 Å². The average molecular weight is 244 g/mol. The molecular weight excluding hydrogens is 232 g/mol. The van der Waals surface area contributed by atoms with Crippen molar-refractivity contribution in [2.75, 3.05) is 0 Å². The first kappa shape index (κ1) is 11.6. The molecule has 2 aromatic heterocycles. The normalized spacial score (nSPS) is 11.5. The lowest BCUT2D eigenvalue weighted by Gasteiger charge is -1.91. The van der Waals surface area contributed by atoms with Crippen LogP contribution in [0.3, 0.4) is 0 Å². The Morgan fingerprint density at radius 3 is 3.00 bits per heavy atom. The Labute approximate surface area is 104 Å². The van der Waals surface area contributed by atoms with E-state index in [0.717, 1.165) is 17.1 Å². The number of aryl methyl sites for hydroxylation is 2. The van der Waals surface area contributed by atoms with E-state index in [-0.39, 0.29) is 0 Å². The molecule has 0 aromatic carbocycles. The molecule has 0 atom stereocenters. The Hall–Kier alpha value is -1.86. The SMILES string of the molecule is CCc1nc(/C(C#N)=C\c2ccco2)sc1C. The van der Waals surface area contributed by atoms with E-state index < -0.39 is 0 Å². The summed E-state index contributed by atoms with van der Waals surface area (Å²) >= 11 is 1.55. The topological polar surface area (TPSA) is 49.8 Å². The molecule has 86 valence electrons. The fourth-order valence-corrected chi connectivity index (χ4v) is 2.50. The van der Waals surface area contributed by atoms with E-state index in [1.54, 1.807) is 29.7 Å². The van der Waals surface area contributed by atoms with Crippen molar-refractivity contribution >= 4 is 23.0 Å². The highest BCUT2D eigenvalue weighted by Gasteiger charge is 2.10. The maximum atomic E-state index is 9.16. The zero-order valence-corrected chi connectivity index (χ0v) is 10.5. The van der Waals surface area contributed by atoms with E-state index in [1.807, 2.05) is 13.0 Å². The van der Waals surface area contributed by atoms with Gasteiger partial charge in [0.2, 0.25) is 0 Å². The van der Waals surface area contributed by atoms with E-state index in [4.69, 9.17) is 9.68 Å². The third-order valence-electron chi connectivity index (χ3n) is 2.41. The molecule has 0 aliphatic rings. The fourth-order valence-electron chi connectivity index (χ4n) is 1.53. The first-order valence-electron chi connectivity index (χ1n) is 5.36. The Morgan fingerprint density at radius 2 is 2.47 bits per heavy atom. The van der Waals surface area contributed by atoms with Gasteiger partial charge in [0, 0.05) is 11.0 Å². The van der Waals surface area contributed by atoms with Crippen molar-refractivity contribution in [3.05, 3.63) is 39.7 Å². The number of thiazole rings is 1. The molecule has 0 bridgehead atoms. The zero-order chi connectivity index (χ0) is 12.3. The van der Waals surface area contributed by atoms with Gasteiger partial charge in [0.1, 0.15) is 16.8 Å². The van der Waals surface area contributed by atoms with Gasteiger partial charge < -0.3 is 4.42 Å². The van der Waals surface area contributed by atoms with Crippen LogP contribution in [-0.2, 0) is 6.42 Å². The number of hydrogen-bond acceptors (Lipinski definition) is 4. The number of nitrogens with zero attached hydrogens (tertiary/aromatic N) is 2. The van der Waals surface area contributed by atoms with Crippen LogP contribution in [0.2, 0.25) is 0 Å². The third kappa shape index (κ3) is 2.45. The number of rotatable bonds is 3. The Bertz CT molecular complexity index is 573. The number of furan rings is 1. The van der Waals surface area contributed by atoms with Crippen LogP contribution in [0.5, 0.6) is 0 Å². The smallest absolute Gasteiger partial charge is 0.134 e. The van der Waals surface area contributed by atoms with Gasteiger partial charge >= 0.3 is 0 Å². The van der Waals surface area contributed by atoms with Crippen LogP contribution in [0.15, 0.2) is 22.8 Å². The average Bonchev–Trinajstić information content (AvgIpc) is 2.95. The predicted molar refractivity (Wildman–Crippen MR) is 68.4 cm³/mol. The summed E-state index contributed by atoms with van der Waals surface area (Å²) in [7, 11) is 0. The van der Waals surface area contributed by atoms with Gasteiger partial charge in [-0.15, -0.1) is 11.3 Å². The van der Waals surface area contributed by atoms with Crippen molar-refractivity contribution < 1.29 is 4.42 Å². The number of aromatic nitrogens is 1. The molecule has 0 saturated heterocycles. The molecule has 0 radical (unpaired) electrons. The zero-order valence-electron chi connectivity index (χ0n) is 9.73. The molecule has 0 N–H and O–H groups in total. The van der Waals surface area contributed by atoms with Crippen molar-refractivity contribution in [3.63, 3.8) is 0 Å². The highest BCUT2D eigenvalue weighted by Crippen LogP contribution is 2.25. The molecule has 0 spiro atoms. The van der Waals surface area contributed by atoms with Gasteiger partial charge in [0.05, 0.1) is 17.5 Å². The Balaban J connectivity index is 2.39. The fraction of sp³-hybridized carbons (Fsp3) is 0.231. The summed E-state index contributed by atoms with van der Waals surface area (Å²) in [6.07, 6.45) is 4.20. The Morgan fingerprint density at radius 1 is 1.65 bits per heavy atom. The second kappa shape index (κ2) is 4.98. The van der Waals surface area contributed by atoms with E-state index in [1.165, 1.54) is 4.88 Å². The molecule has 2 rings (SSSR count). The van der Waals surface area contributed by atoms with Crippen LogP contribution in [-0.4, -0.2) is 4.98 Å². The van der Waals surface area contributed by atoms with Gasteiger partial charge in [-0.25, -0.2) is 4.98 Å². The molecule has 0 unspecified atom stereocenters. The summed E-state index contributed by atoms with van der Waals surface area (Å²) in [5.41, 5.74) is 1.61. The van der Waals surface area contributed by atoms with Gasteiger partial charge in [0.25, 0.3) is 0 Å². The molecule has 4 heteroatoms. The van der Waals surface area contributed by atoms with Crippen molar-refractivity contribution in [2.24, 2.45) is 0 Å². The standard InChI is InChI=1S/C13H12N2OS/c1-3-12-9(2)17-13(15-12)10(8-14)7-11-5-4-6-16-11/h4-7H,3H2,1-2H3/b10-7-. The van der Waals surface area contributed by atoms with E-state index in [2.05, 4.69) is 18.0 Å². The molecule has 0 aliphatic heterocycles. The minimum absolute atomic E-state index is 0.549. The molecule has 0 saturated carbocycles. The molecule has 17 heavy (non-hydrogen) atoms. The lowest BCUT2D eigenvalue weighted by Crippen LogP contribution is -1.84. The van der Waals surface area contributed by atoms with Crippen LogP contribution in [0.1, 0.15) is 28.3 Å². The van der Waals surface area contributed by atoms with Gasteiger partial charge in [0.15, 0.2) is 0 Å². The van der Waals surface area contributed by atoms with E-state index in [0.29, 0.717) is 11.3 Å². The lowest BCUT2D eigenvalue weighted by molar-refractivity contribution is 0.557. The van der Waals surface area contributed by atoms with Crippen molar-refractivity contribution in [2.45, 2.75) is 20.3 Å². The van der Waals surface area contributed by atoms with E-state index >= 15 is 0 Å². The third-order valence-corrected chi connectivity index (χ3v) is 3.45. The summed E-state index contributed by atoms with van der Waals surface area (Å²) in [4.78, 5) is 5.64. The first-order chi connectivity index (χ1) is 8.24. The second-order valence-electron chi connectivity index (χ2n) is 3.56. The Kier molecular flexibility index (Phi) is 3.40. The molecule has 2 aromatic rings. The minimum atomic E-state index is 0.549. The summed E-state index contributed by atoms with van der Waals surface area (Å²) in [5, 5.41) is 9.92. The first-order valence-corrected chi connectivity index (χ1v) is 6.18. The van der Waals surface area contributed by atoms with E-state index in [9.17, 15) is 0 Å². The largest absolute Gasteiger partial charge is 0.465 e. The molecule has 3 nitrogen and oxygen atoms in total. The van der Waals surface area contributed by atoms with Crippen LogP contribution in [0.4, 0.5) is 0 Å². The van der Waals surface area contributed by atoms with Crippen molar-refractivity contribution in [3.8, 4) is 6.07 Å². The molecular formula is C13H12N2OS. The predicted octanol–water partition coefficient (Wildman–Crippen LogP) is 3.67. The summed E-state index contributed by atoms with van der Waals surface area (Å²) in [6.45, 7) is 4.09. The quantitative estimate of drug-likeness (QED) is 0.774. The summed E-state index contributed by atoms with van der Waals surface area (Å²) < 4.78 is 5.20. The summed E-state index contributed by atoms with van der Waals surface area (Å²) in [6, 6.07) is 5.79. The molecule has 0 aliphatic carbocycles. The van der Waals surface area contributed by atoms with Crippen LogP contribution < -0.4 is 0 Å². The molecule has 0 fully saturated rings. The maximum absolute atomic E-state index is 9.16. The second-order valence-corrected chi connectivity index (χ2v) is 4.76. The monoisotopic (exact) mass is 244 g/mol. The molecule has 0 amide bonds. The number of allylic oxidation sites excluding steroid dienone is 1. The summed E-state index contributed by atoms with van der Waals surface area (Å²) in [5.74, 6) is 0.674. The van der Waals surface area contributed by atoms with Crippen LogP contribution >= 0.6 is 11.3 Å². The minimum Gasteiger partial charge on any atom is -0.465 e. The van der Waals surface area contributed by atoms with Crippen molar-refractivity contribution in [1.29, 1.82) is 5.26 Å². The highest BCUT2D eigenvalue weighted by molar-refractivity contribution is 7.12. The lowest BCUT2D eigenvalue weighted by atomic mass is 10.2. The van der Waals surface area contributed by atoms with Gasteiger partial charge in [-0.1, -0.05) is 6.92 Å². The van der Waals surface area contributed by atoms with Gasteiger partial charge in [-0.05, 0) is 25.5 Å². The van der Waals surface area contributed by atoms with Gasteiger partial charge in [-0.3, -0.25) is 0 Å². The maximum Gasteiger partial charge on any atom is 0.134 e. The highest BCUT2D eigenvalue weighted by atomic mass is 32.1. The van der Waals surface area contributed by atoms with Crippen molar-refractivity contribution in [1.82, 2.24) is 4.98 Å².